The number of alkyl halides is 1. The normalized spacial score (nSPS) is 21.8. The molecule has 7 rings (SSSR count). The third-order valence-electron chi connectivity index (χ3n) is 7.99. The van der Waals surface area contributed by atoms with Crippen LogP contribution in [0.15, 0.2) is 47.6 Å². The molecule has 36 heavy (non-hydrogen) atoms. The summed E-state index contributed by atoms with van der Waals surface area (Å²) < 4.78 is 31.4. The van der Waals surface area contributed by atoms with Gasteiger partial charge in [-0.1, -0.05) is 12.1 Å². The van der Waals surface area contributed by atoms with E-state index in [0.29, 0.717) is 56.7 Å². The van der Waals surface area contributed by atoms with Crippen LogP contribution in [0.2, 0.25) is 0 Å². The van der Waals surface area contributed by atoms with Gasteiger partial charge in [-0.25, -0.2) is 8.78 Å². The van der Waals surface area contributed by atoms with E-state index in [4.69, 9.17) is 0 Å². The van der Waals surface area contributed by atoms with Crippen molar-refractivity contribution in [3.63, 3.8) is 0 Å². The lowest BCUT2D eigenvalue weighted by Gasteiger charge is -2.41. The second-order valence-electron chi connectivity index (χ2n) is 10.7. The fourth-order valence-corrected chi connectivity index (χ4v) is 5.41. The van der Waals surface area contributed by atoms with Gasteiger partial charge in [-0.3, -0.25) is 24.2 Å². The molecule has 0 unspecified atom stereocenters. The van der Waals surface area contributed by atoms with Crippen LogP contribution in [0.25, 0.3) is 22.0 Å². The highest BCUT2D eigenvalue weighted by Crippen LogP contribution is 2.47. The van der Waals surface area contributed by atoms with Crippen molar-refractivity contribution in [2.24, 2.45) is 18.0 Å². The number of hydrogen-bond acceptors (Lipinski definition) is 4. The number of halogens is 2. The lowest BCUT2D eigenvalue weighted by Crippen LogP contribution is -2.57. The van der Waals surface area contributed by atoms with Gasteiger partial charge in [-0.05, 0) is 61.1 Å². The lowest BCUT2D eigenvalue weighted by atomic mass is 9.97. The lowest BCUT2D eigenvalue weighted by molar-refractivity contribution is -0.145. The third-order valence-corrected chi connectivity index (χ3v) is 7.99. The minimum Gasteiger partial charge on any atom is -0.339 e. The van der Waals surface area contributed by atoms with Crippen LogP contribution in [0, 0.1) is 11.7 Å². The Morgan fingerprint density at radius 3 is 2.50 bits per heavy atom. The largest absolute Gasteiger partial charge is 0.339 e. The van der Waals surface area contributed by atoms with Crippen molar-refractivity contribution in [3.8, 4) is 11.1 Å². The molecule has 0 bridgehead atoms. The van der Waals surface area contributed by atoms with E-state index in [1.807, 2.05) is 31.3 Å². The number of aryl methyl sites for hydroxylation is 1. The van der Waals surface area contributed by atoms with Gasteiger partial charge >= 0.3 is 0 Å². The van der Waals surface area contributed by atoms with E-state index in [9.17, 15) is 14.0 Å². The predicted octanol–water partition coefficient (Wildman–Crippen LogP) is 3.46. The van der Waals surface area contributed by atoms with E-state index in [-0.39, 0.29) is 11.8 Å². The van der Waals surface area contributed by atoms with Crippen molar-refractivity contribution < 1.29 is 18.4 Å². The molecule has 9 heteroatoms. The first-order valence-corrected chi connectivity index (χ1v) is 12.4. The summed E-state index contributed by atoms with van der Waals surface area (Å²) in [4.78, 5) is 33.2. The van der Waals surface area contributed by atoms with E-state index < -0.39 is 22.9 Å². The zero-order valence-electron chi connectivity index (χ0n) is 19.9. The molecule has 3 heterocycles. The van der Waals surface area contributed by atoms with Gasteiger partial charge in [0.1, 0.15) is 17.2 Å². The highest BCUT2D eigenvalue weighted by Gasteiger charge is 2.59. The van der Waals surface area contributed by atoms with E-state index in [1.165, 1.54) is 11.0 Å². The molecule has 7 nitrogen and oxygen atoms in total. The number of aliphatic imine (C=N–C) groups is 1. The number of rotatable bonds is 5. The molecule has 4 aliphatic rings. The van der Waals surface area contributed by atoms with Crippen LogP contribution < -0.4 is 0 Å². The molecule has 2 aliphatic heterocycles. The number of carbonyl (C=O) groups excluding carboxylic acids is 2. The minimum absolute atomic E-state index is 0.0212. The first-order valence-electron chi connectivity index (χ1n) is 12.4. The van der Waals surface area contributed by atoms with Gasteiger partial charge in [0.2, 0.25) is 0 Å². The van der Waals surface area contributed by atoms with Gasteiger partial charge in [0.15, 0.2) is 5.67 Å². The number of aromatic nitrogens is 2. The van der Waals surface area contributed by atoms with Crippen LogP contribution in [-0.2, 0) is 16.6 Å². The SMILES string of the molecule is Cn1ncc2cc(-c3ccc(C4=NC5(CC5)C(=O)N4CC4CN(C(=O)C5(F)CC5)C4)c(F)c3)ccc21. The molecule has 2 saturated carbocycles. The Bertz CT molecular complexity index is 1480. The highest BCUT2D eigenvalue weighted by atomic mass is 19.1. The zero-order valence-corrected chi connectivity index (χ0v) is 19.9. The standard InChI is InChI=1S/C27H25F2N5O2/c1-32-22-5-3-17(10-19(22)12-30-32)18-2-4-20(21(28)11-18)23-31-27(8-9-27)25(36)34(23)15-16-13-33(14-16)24(35)26(29)6-7-26/h2-5,10-12,16H,6-9,13-15H2,1H3. The molecule has 3 fully saturated rings. The zero-order chi connectivity index (χ0) is 24.8. The maximum atomic E-state index is 15.5. The number of carbonyl (C=O) groups is 2. The van der Waals surface area contributed by atoms with Crippen molar-refractivity contribution in [1.29, 1.82) is 0 Å². The summed E-state index contributed by atoms with van der Waals surface area (Å²) in [5.41, 5.74) is 0.462. The van der Waals surface area contributed by atoms with Crippen LogP contribution >= 0.6 is 0 Å². The monoisotopic (exact) mass is 489 g/mol. The van der Waals surface area contributed by atoms with Crippen LogP contribution in [0.5, 0.6) is 0 Å². The molecule has 184 valence electrons. The number of nitrogens with zero attached hydrogens (tertiary/aromatic N) is 5. The van der Waals surface area contributed by atoms with E-state index in [1.54, 1.807) is 21.8 Å². The summed E-state index contributed by atoms with van der Waals surface area (Å²) in [7, 11) is 1.88. The number of likely N-dealkylation sites (tertiary alicyclic amines) is 1. The second kappa shape index (κ2) is 7.21. The van der Waals surface area contributed by atoms with E-state index >= 15 is 4.39 Å². The Balaban J connectivity index is 1.13. The molecule has 0 N–H and O–H groups in total. The van der Waals surface area contributed by atoms with Crippen molar-refractivity contribution in [2.45, 2.75) is 36.9 Å². The van der Waals surface area contributed by atoms with Crippen molar-refractivity contribution in [1.82, 2.24) is 19.6 Å². The number of fused-ring (bicyclic) bond motifs is 1. The molecule has 2 aromatic carbocycles. The molecule has 3 aromatic rings. The smallest absolute Gasteiger partial charge is 0.260 e. The second-order valence-corrected chi connectivity index (χ2v) is 10.7. The summed E-state index contributed by atoms with van der Waals surface area (Å²) in [6.45, 7) is 1.17. The summed E-state index contributed by atoms with van der Waals surface area (Å²) in [5.74, 6) is -0.597. The first kappa shape index (κ1) is 21.6. The van der Waals surface area contributed by atoms with Gasteiger partial charge in [0.25, 0.3) is 11.8 Å². The van der Waals surface area contributed by atoms with Crippen molar-refractivity contribution in [3.05, 3.63) is 54.0 Å². The fourth-order valence-electron chi connectivity index (χ4n) is 5.41. The number of amidine groups is 1. The topological polar surface area (TPSA) is 70.8 Å². The molecule has 0 atom stereocenters. The summed E-state index contributed by atoms with van der Waals surface area (Å²) in [6, 6.07) is 10.9. The number of hydrogen-bond donors (Lipinski definition) is 0. The van der Waals surface area contributed by atoms with Crippen molar-refractivity contribution in [2.75, 3.05) is 19.6 Å². The van der Waals surface area contributed by atoms with Gasteiger partial charge in [0.05, 0.1) is 17.3 Å². The van der Waals surface area contributed by atoms with E-state index in [2.05, 4.69) is 10.1 Å². The average molecular weight is 490 g/mol. The summed E-state index contributed by atoms with van der Waals surface area (Å²) >= 11 is 0. The molecule has 1 spiro atoms. The van der Waals surface area contributed by atoms with Gasteiger partial charge in [-0.15, -0.1) is 0 Å². The first-order chi connectivity index (χ1) is 17.3. The summed E-state index contributed by atoms with van der Waals surface area (Å²) in [5, 5.41) is 5.24. The Morgan fingerprint density at radius 1 is 1.08 bits per heavy atom. The maximum absolute atomic E-state index is 15.5. The average Bonchev–Trinajstić information content (AvgIpc) is 3.74. The Morgan fingerprint density at radius 2 is 1.81 bits per heavy atom. The van der Waals surface area contributed by atoms with Gasteiger partial charge in [-0.2, -0.15) is 5.10 Å². The Hall–Kier alpha value is -3.62. The van der Waals surface area contributed by atoms with E-state index in [0.717, 1.165) is 22.0 Å². The molecular weight excluding hydrogens is 464 g/mol. The van der Waals surface area contributed by atoms with Crippen LogP contribution in [0.1, 0.15) is 31.2 Å². The molecule has 2 aliphatic carbocycles. The molecule has 2 amide bonds. The molecule has 1 saturated heterocycles. The van der Waals surface area contributed by atoms with Crippen molar-refractivity contribution >= 4 is 28.6 Å². The quantitative estimate of drug-likeness (QED) is 0.551. The fraction of sp³-hybridized carbons (Fsp3) is 0.407. The van der Waals surface area contributed by atoms with Crippen LogP contribution in [0.3, 0.4) is 0 Å². The van der Waals surface area contributed by atoms with Gasteiger partial charge < -0.3 is 4.90 Å². The number of amides is 2. The number of benzene rings is 2. The third kappa shape index (κ3) is 3.21. The predicted molar refractivity (Wildman–Crippen MR) is 129 cm³/mol. The van der Waals surface area contributed by atoms with Crippen LogP contribution in [0.4, 0.5) is 8.78 Å². The Kier molecular flexibility index (Phi) is 4.34. The molecule has 0 radical (unpaired) electrons. The maximum Gasteiger partial charge on any atom is 0.260 e. The minimum atomic E-state index is -1.68. The highest BCUT2D eigenvalue weighted by molar-refractivity contribution is 6.16. The Labute approximate surface area is 206 Å². The van der Waals surface area contributed by atoms with Gasteiger partial charge in [0, 0.05) is 38.0 Å². The van der Waals surface area contributed by atoms with Crippen LogP contribution in [-0.4, -0.2) is 68.1 Å². The summed E-state index contributed by atoms with van der Waals surface area (Å²) in [6.07, 6.45) is 3.69. The molecular formula is C27H25F2N5O2. The molecule has 1 aromatic heterocycles.